The average molecular weight is 202 g/mol. The van der Waals surface area contributed by atoms with E-state index in [-0.39, 0.29) is 5.97 Å². The Morgan fingerprint density at radius 1 is 1.27 bits per heavy atom. The van der Waals surface area contributed by atoms with Crippen molar-refractivity contribution in [3.05, 3.63) is 47.0 Å². The SMILES string of the molecule is COC(=O)C1=CCCc2ccccc2C1. The molecule has 0 radical (unpaired) electrons. The lowest BCUT2D eigenvalue weighted by Gasteiger charge is -2.06. The molecule has 0 amide bonds. The molecular formula is C13H14O2. The number of benzene rings is 1. The Kier molecular flexibility index (Phi) is 2.86. The van der Waals surface area contributed by atoms with Gasteiger partial charge in [0.05, 0.1) is 7.11 Å². The number of aryl methyl sites for hydroxylation is 1. The number of allylic oxidation sites excluding steroid dienone is 1. The van der Waals surface area contributed by atoms with Gasteiger partial charge in [-0.1, -0.05) is 30.3 Å². The fourth-order valence-corrected chi connectivity index (χ4v) is 1.94. The van der Waals surface area contributed by atoms with Crippen molar-refractivity contribution in [1.82, 2.24) is 0 Å². The highest BCUT2D eigenvalue weighted by Gasteiger charge is 2.14. The zero-order valence-corrected chi connectivity index (χ0v) is 8.82. The normalized spacial score (nSPS) is 14.9. The molecule has 0 saturated carbocycles. The smallest absolute Gasteiger partial charge is 0.333 e. The van der Waals surface area contributed by atoms with E-state index in [0.29, 0.717) is 6.42 Å². The summed E-state index contributed by atoms with van der Waals surface area (Å²) >= 11 is 0. The summed E-state index contributed by atoms with van der Waals surface area (Å²) in [6, 6.07) is 8.27. The highest BCUT2D eigenvalue weighted by atomic mass is 16.5. The van der Waals surface area contributed by atoms with Gasteiger partial charge in [-0.3, -0.25) is 0 Å². The summed E-state index contributed by atoms with van der Waals surface area (Å²) in [7, 11) is 1.43. The minimum atomic E-state index is -0.202. The zero-order chi connectivity index (χ0) is 10.7. The summed E-state index contributed by atoms with van der Waals surface area (Å²) < 4.78 is 4.75. The van der Waals surface area contributed by atoms with Crippen LogP contribution in [0.25, 0.3) is 0 Å². The molecule has 2 heteroatoms. The van der Waals surface area contributed by atoms with Crippen LogP contribution in [0.5, 0.6) is 0 Å². The summed E-state index contributed by atoms with van der Waals surface area (Å²) in [6.45, 7) is 0. The minimum Gasteiger partial charge on any atom is -0.466 e. The predicted molar refractivity (Wildman–Crippen MR) is 58.6 cm³/mol. The largest absolute Gasteiger partial charge is 0.466 e. The molecule has 1 aliphatic rings. The average Bonchev–Trinajstić information content (AvgIpc) is 2.49. The van der Waals surface area contributed by atoms with Crippen LogP contribution in [-0.2, 0) is 22.4 Å². The zero-order valence-electron chi connectivity index (χ0n) is 8.82. The summed E-state index contributed by atoms with van der Waals surface area (Å²) in [6.07, 6.45) is 4.62. The van der Waals surface area contributed by atoms with Gasteiger partial charge in [-0.2, -0.15) is 0 Å². The molecule has 0 aliphatic heterocycles. The van der Waals surface area contributed by atoms with Gasteiger partial charge in [0, 0.05) is 12.0 Å². The van der Waals surface area contributed by atoms with E-state index >= 15 is 0 Å². The van der Waals surface area contributed by atoms with Crippen molar-refractivity contribution in [2.45, 2.75) is 19.3 Å². The van der Waals surface area contributed by atoms with Crippen LogP contribution in [0.4, 0.5) is 0 Å². The van der Waals surface area contributed by atoms with E-state index in [2.05, 4.69) is 12.1 Å². The second-order valence-corrected chi connectivity index (χ2v) is 3.71. The summed E-state index contributed by atoms with van der Waals surface area (Å²) in [5.74, 6) is -0.202. The second kappa shape index (κ2) is 4.30. The number of carbonyl (C=O) groups excluding carboxylic acids is 1. The third kappa shape index (κ3) is 2.09. The molecule has 0 spiro atoms. The van der Waals surface area contributed by atoms with Gasteiger partial charge in [0.15, 0.2) is 0 Å². The molecule has 0 bridgehead atoms. The third-order valence-electron chi connectivity index (χ3n) is 2.75. The second-order valence-electron chi connectivity index (χ2n) is 3.71. The fraction of sp³-hybridized carbons (Fsp3) is 0.308. The number of methoxy groups -OCH3 is 1. The van der Waals surface area contributed by atoms with Gasteiger partial charge < -0.3 is 4.74 Å². The molecule has 2 rings (SSSR count). The first-order chi connectivity index (χ1) is 7.31. The standard InChI is InChI=1S/C13H14O2/c1-15-13(14)12-8-4-7-10-5-2-3-6-11(10)9-12/h2-3,5-6,8H,4,7,9H2,1H3. The lowest BCUT2D eigenvalue weighted by Crippen LogP contribution is -2.07. The highest BCUT2D eigenvalue weighted by Crippen LogP contribution is 2.20. The molecule has 1 aromatic rings. The molecule has 2 nitrogen and oxygen atoms in total. The third-order valence-corrected chi connectivity index (χ3v) is 2.75. The van der Waals surface area contributed by atoms with E-state index in [1.165, 1.54) is 18.2 Å². The van der Waals surface area contributed by atoms with Crippen molar-refractivity contribution in [1.29, 1.82) is 0 Å². The Balaban J connectivity index is 2.28. The van der Waals surface area contributed by atoms with Gasteiger partial charge in [-0.15, -0.1) is 0 Å². The van der Waals surface area contributed by atoms with Gasteiger partial charge >= 0.3 is 5.97 Å². The molecule has 78 valence electrons. The molecule has 0 heterocycles. The fourth-order valence-electron chi connectivity index (χ4n) is 1.94. The van der Waals surface area contributed by atoms with E-state index in [9.17, 15) is 4.79 Å². The molecule has 0 saturated heterocycles. The molecule has 1 aromatic carbocycles. The van der Waals surface area contributed by atoms with E-state index in [1.807, 2.05) is 18.2 Å². The quantitative estimate of drug-likeness (QED) is 0.653. The van der Waals surface area contributed by atoms with Gasteiger partial charge in [-0.25, -0.2) is 4.79 Å². The Hall–Kier alpha value is -1.57. The first-order valence-electron chi connectivity index (χ1n) is 5.15. The van der Waals surface area contributed by atoms with Crippen LogP contribution >= 0.6 is 0 Å². The maximum Gasteiger partial charge on any atom is 0.333 e. The highest BCUT2D eigenvalue weighted by molar-refractivity contribution is 5.89. The number of rotatable bonds is 1. The van der Waals surface area contributed by atoms with Crippen molar-refractivity contribution in [2.75, 3.05) is 7.11 Å². The minimum absolute atomic E-state index is 0.202. The van der Waals surface area contributed by atoms with Crippen LogP contribution in [0.2, 0.25) is 0 Å². The molecule has 0 N–H and O–H groups in total. The van der Waals surface area contributed by atoms with E-state index in [4.69, 9.17) is 4.74 Å². The van der Waals surface area contributed by atoms with Crippen molar-refractivity contribution >= 4 is 5.97 Å². The summed E-state index contributed by atoms with van der Waals surface area (Å²) in [5, 5.41) is 0. The van der Waals surface area contributed by atoms with Crippen LogP contribution in [0.15, 0.2) is 35.9 Å². The lowest BCUT2D eigenvalue weighted by atomic mass is 10.0. The number of carbonyl (C=O) groups is 1. The van der Waals surface area contributed by atoms with E-state index in [0.717, 1.165) is 18.4 Å². The van der Waals surface area contributed by atoms with Crippen molar-refractivity contribution < 1.29 is 9.53 Å². The van der Waals surface area contributed by atoms with Crippen LogP contribution in [0, 0.1) is 0 Å². The number of fused-ring (bicyclic) bond motifs is 1. The molecule has 1 aliphatic carbocycles. The number of hydrogen-bond donors (Lipinski definition) is 0. The predicted octanol–water partition coefficient (Wildman–Crippen LogP) is 2.27. The van der Waals surface area contributed by atoms with E-state index in [1.54, 1.807) is 0 Å². The maximum atomic E-state index is 11.4. The van der Waals surface area contributed by atoms with Gasteiger partial charge in [-0.05, 0) is 24.0 Å². The van der Waals surface area contributed by atoms with E-state index < -0.39 is 0 Å². The van der Waals surface area contributed by atoms with Crippen LogP contribution in [0.1, 0.15) is 17.5 Å². The van der Waals surface area contributed by atoms with Gasteiger partial charge in [0.1, 0.15) is 0 Å². The van der Waals surface area contributed by atoms with Crippen LogP contribution < -0.4 is 0 Å². The first kappa shape index (κ1) is 9.97. The monoisotopic (exact) mass is 202 g/mol. The number of esters is 1. The summed E-state index contributed by atoms with van der Waals surface area (Å²) in [4.78, 5) is 11.4. The Labute approximate surface area is 89.6 Å². The molecule has 0 aromatic heterocycles. The Bertz CT molecular complexity index is 405. The molecule has 0 fully saturated rings. The first-order valence-corrected chi connectivity index (χ1v) is 5.15. The number of hydrogen-bond acceptors (Lipinski definition) is 2. The van der Waals surface area contributed by atoms with Gasteiger partial charge in [0.2, 0.25) is 0 Å². The Morgan fingerprint density at radius 3 is 2.73 bits per heavy atom. The summed E-state index contributed by atoms with van der Waals surface area (Å²) in [5.41, 5.74) is 3.36. The van der Waals surface area contributed by atoms with Crippen molar-refractivity contribution in [2.24, 2.45) is 0 Å². The molecular weight excluding hydrogens is 188 g/mol. The molecule has 0 atom stereocenters. The lowest BCUT2D eigenvalue weighted by molar-refractivity contribution is -0.136. The van der Waals surface area contributed by atoms with Crippen LogP contribution in [0.3, 0.4) is 0 Å². The van der Waals surface area contributed by atoms with Gasteiger partial charge in [0.25, 0.3) is 0 Å². The van der Waals surface area contributed by atoms with Crippen molar-refractivity contribution in [3.63, 3.8) is 0 Å². The maximum absolute atomic E-state index is 11.4. The Morgan fingerprint density at radius 2 is 2.00 bits per heavy atom. The van der Waals surface area contributed by atoms with Crippen LogP contribution in [-0.4, -0.2) is 13.1 Å². The molecule has 0 unspecified atom stereocenters. The topological polar surface area (TPSA) is 26.3 Å². The number of ether oxygens (including phenoxy) is 1. The van der Waals surface area contributed by atoms with Crippen molar-refractivity contribution in [3.8, 4) is 0 Å². The molecule has 15 heavy (non-hydrogen) atoms.